The fraction of sp³-hybridized carbons (Fsp3) is 0.118. The number of hydrogen-bond acceptors (Lipinski definition) is 8. The first-order valence-electron chi connectivity index (χ1n) is 14.3. The zero-order valence-corrected chi connectivity index (χ0v) is 23.8. The molecule has 0 amide bonds. The molecule has 0 saturated heterocycles. The Morgan fingerprint density at radius 3 is 1.95 bits per heavy atom. The monoisotopic (exact) mass is 578 g/mol. The SMILES string of the molecule is COC12N=C(Nc3[nH]c(c4ccccc34)NC3(OC)N=C(N=c4[nH]/c(c5ccccc45)=N\1)c1ccccc13)c1ccccc12. The molecule has 6 aromatic rings. The molecule has 8 bridgehead atoms. The Morgan fingerprint density at radius 1 is 0.568 bits per heavy atom. The molecule has 0 fully saturated rings. The molecule has 2 unspecified atom stereocenters. The van der Waals surface area contributed by atoms with E-state index in [-0.39, 0.29) is 0 Å². The average molecular weight is 579 g/mol. The number of nitrogens with zero attached hydrogens (tertiary/aromatic N) is 4. The number of H-pyrrole nitrogens is 2. The Balaban J connectivity index is 1.41. The number of rotatable bonds is 2. The van der Waals surface area contributed by atoms with E-state index < -0.39 is 11.7 Å². The molecular formula is C34H26N8O2. The van der Waals surface area contributed by atoms with Gasteiger partial charge in [-0.2, -0.15) is 0 Å². The Labute approximate surface area is 250 Å². The summed E-state index contributed by atoms with van der Waals surface area (Å²) >= 11 is 0. The first-order valence-corrected chi connectivity index (χ1v) is 14.3. The molecule has 0 spiro atoms. The Hall–Kier alpha value is -5.58. The summed E-state index contributed by atoms with van der Waals surface area (Å²) in [5, 5.41) is 10.9. The predicted molar refractivity (Wildman–Crippen MR) is 169 cm³/mol. The van der Waals surface area contributed by atoms with Crippen LogP contribution < -0.4 is 21.6 Å². The van der Waals surface area contributed by atoms with Gasteiger partial charge in [-0.1, -0.05) is 97.1 Å². The maximum Gasteiger partial charge on any atom is 0.288 e. The lowest BCUT2D eigenvalue weighted by molar-refractivity contribution is 0.000418. The number of benzene rings is 4. The summed E-state index contributed by atoms with van der Waals surface area (Å²) in [4.78, 5) is 27.5. The zero-order valence-electron chi connectivity index (χ0n) is 23.8. The second-order valence-corrected chi connectivity index (χ2v) is 10.9. The first-order chi connectivity index (χ1) is 21.6. The van der Waals surface area contributed by atoms with Crippen molar-refractivity contribution in [2.24, 2.45) is 20.0 Å². The molecule has 2 aromatic heterocycles. The van der Waals surface area contributed by atoms with Gasteiger partial charge in [0, 0.05) is 58.0 Å². The van der Waals surface area contributed by atoms with Crippen molar-refractivity contribution in [1.82, 2.24) is 9.97 Å². The van der Waals surface area contributed by atoms with E-state index in [1.54, 1.807) is 14.2 Å². The van der Waals surface area contributed by atoms with Crippen molar-refractivity contribution >= 4 is 44.9 Å². The van der Waals surface area contributed by atoms with Gasteiger partial charge in [0.1, 0.15) is 28.4 Å². The van der Waals surface area contributed by atoms with Crippen LogP contribution in [0.4, 0.5) is 11.6 Å². The lowest BCUT2D eigenvalue weighted by atomic mass is 10.0. The van der Waals surface area contributed by atoms with Crippen molar-refractivity contribution in [3.05, 3.63) is 130 Å². The van der Waals surface area contributed by atoms with E-state index >= 15 is 0 Å². The highest BCUT2D eigenvalue weighted by Gasteiger charge is 2.43. The molecule has 214 valence electrons. The molecule has 2 atom stereocenters. The van der Waals surface area contributed by atoms with Crippen LogP contribution in [0.3, 0.4) is 0 Å². The lowest BCUT2D eigenvalue weighted by Crippen LogP contribution is -2.34. The molecule has 4 N–H and O–H groups in total. The highest BCUT2D eigenvalue weighted by molar-refractivity contribution is 6.15. The number of nitrogens with one attached hydrogen (secondary N) is 4. The van der Waals surface area contributed by atoms with E-state index in [2.05, 4.69) is 32.7 Å². The summed E-state index contributed by atoms with van der Waals surface area (Å²) in [6.45, 7) is 0. The Morgan fingerprint density at radius 2 is 1.20 bits per heavy atom. The zero-order chi connectivity index (χ0) is 29.5. The average Bonchev–Trinajstić information content (AvgIpc) is 3.78. The highest BCUT2D eigenvalue weighted by atomic mass is 16.5. The number of aromatic amines is 2. The van der Waals surface area contributed by atoms with E-state index in [9.17, 15) is 0 Å². The van der Waals surface area contributed by atoms with Gasteiger partial charge in [-0.05, 0) is 0 Å². The highest BCUT2D eigenvalue weighted by Crippen LogP contribution is 2.42. The number of anilines is 2. The summed E-state index contributed by atoms with van der Waals surface area (Å²) in [5.74, 6) is 0.102. The van der Waals surface area contributed by atoms with Gasteiger partial charge in [0.25, 0.3) is 11.7 Å². The van der Waals surface area contributed by atoms with Gasteiger partial charge in [0.2, 0.25) is 0 Å². The van der Waals surface area contributed by atoms with Crippen molar-refractivity contribution in [2.75, 3.05) is 24.9 Å². The van der Waals surface area contributed by atoms with E-state index in [0.29, 0.717) is 22.6 Å². The minimum absolute atomic E-state index is 0.530. The quantitative estimate of drug-likeness (QED) is 0.234. The molecule has 0 radical (unpaired) electrons. The normalized spacial score (nSPS) is 22.2. The molecule has 4 aromatic carbocycles. The van der Waals surface area contributed by atoms with Crippen LogP contribution in [-0.4, -0.2) is 35.9 Å². The Bertz CT molecular complexity index is 2350. The molecule has 10 nitrogen and oxygen atoms in total. The Kier molecular flexibility index (Phi) is 5.09. The topological polar surface area (TPSA) is 124 Å². The molecular weight excluding hydrogens is 552 g/mol. The van der Waals surface area contributed by atoms with Crippen LogP contribution >= 0.6 is 0 Å². The fourth-order valence-electron chi connectivity index (χ4n) is 6.50. The number of aliphatic imine (C=N–C) groups is 2. The van der Waals surface area contributed by atoms with Gasteiger partial charge in [-0.15, -0.1) is 0 Å². The van der Waals surface area contributed by atoms with Gasteiger partial charge in [0.15, 0.2) is 5.84 Å². The minimum Gasteiger partial charge on any atom is -0.336 e. The molecule has 5 heterocycles. The van der Waals surface area contributed by atoms with Crippen molar-refractivity contribution in [3.8, 4) is 0 Å². The van der Waals surface area contributed by atoms with Crippen LogP contribution in [0.1, 0.15) is 22.3 Å². The van der Waals surface area contributed by atoms with E-state index in [1.165, 1.54) is 0 Å². The molecule has 44 heavy (non-hydrogen) atoms. The number of fused-ring (bicyclic) bond motifs is 18. The molecule has 3 aliphatic heterocycles. The third-order valence-corrected chi connectivity index (χ3v) is 8.58. The number of aromatic nitrogens is 2. The van der Waals surface area contributed by atoms with Gasteiger partial charge in [0.05, 0.1) is 0 Å². The standard InChI is InChI=1S/C34H26N8O2/c1-43-33-25-17-9-7-15-23(25)31(41-33)37-28-20-12-4-6-14-22(20)30(36-28)40-34(44-2)26-18-10-8-16-24(26)32(42-34)38-27-19-11-3-5-13-21(19)29(35-27)39-33/h3-18,35,39H,1-2H3,(H,38,42)(H,36,37,40,41). The van der Waals surface area contributed by atoms with Crippen LogP contribution in [0.2, 0.25) is 0 Å². The van der Waals surface area contributed by atoms with Crippen LogP contribution in [0.5, 0.6) is 0 Å². The van der Waals surface area contributed by atoms with Crippen LogP contribution in [0, 0.1) is 0 Å². The molecule has 3 aliphatic rings. The van der Waals surface area contributed by atoms with E-state index in [0.717, 1.165) is 55.4 Å². The molecule has 9 rings (SSSR count). The minimum atomic E-state index is -1.33. The molecule has 0 aliphatic carbocycles. The fourth-order valence-corrected chi connectivity index (χ4v) is 6.50. The maximum atomic E-state index is 6.20. The largest absolute Gasteiger partial charge is 0.336 e. The number of ether oxygens (including phenoxy) is 2. The third-order valence-electron chi connectivity index (χ3n) is 8.58. The van der Waals surface area contributed by atoms with E-state index in [4.69, 9.17) is 29.4 Å². The summed E-state index contributed by atoms with van der Waals surface area (Å²) in [6, 6.07) is 32.1. The van der Waals surface area contributed by atoms with Crippen molar-refractivity contribution < 1.29 is 9.47 Å². The number of hydrogen-bond donors (Lipinski definition) is 4. The van der Waals surface area contributed by atoms with Crippen molar-refractivity contribution in [1.29, 1.82) is 0 Å². The summed E-state index contributed by atoms with van der Waals surface area (Å²) in [6.07, 6.45) is 0. The second kappa shape index (κ2) is 8.96. The number of amidine groups is 2. The summed E-state index contributed by atoms with van der Waals surface area (Å²) in [5.41, 5.74) is 4.67. The number of methoxy groups -OCH3 is 2. The maximum absolute atomic E-state index is 6.20. The smallest absolute Gasteiger partial charge is 0.288 e. The predicted octanol–water partition coefficient (Wildman–Crippen LogP) is 4.86. The second-order valence-electron chi connectivity index (χ2n) is 10.9. The van der Waals surface area contributed by atoms with Crippen molar-refractivity contribution in [3.63, 3.8) is 0 Å². The summed E-state index contributed by atoms with van der Waals surface area (Å²) < 4.78 is 12.4. The van der Waals surface area contributed by atoms with Gasteiger partial charge in [-0.25, -0.2) is 20.0 Å². The van der Waals surface area contributed by atoms with Crippen LogP contribution in [0.15, 0.2) is 117 Å². The molecule has 0 saturated carbocycles. The van der Waals surface area contributed by atoms with Crippen LogP contribution in [0.25, 0.3) is 21.5 Å². The van der Waals surface area contributed by atoms with Gasteiger partial charge in [-0.3, -0.25) is 0 Å². The lowest BCUT2D eigenvalue weighted by Gasteiger charge is -2.27. The van der Waals surface area contributed by atoms with E-state index in [1.807, 2.05) is 84.9 Å². The first kappa shape index (κ1) is 25.0. The summed E-state index contributed by atoms with van der Waals surface area (Å²) in [7, 11) is 3.27. The van der Waals surface area contributed by atoms with Crippen molar-refractivity contribution in [2.45, 2.75) is 11.7 Å². The van der Waals surface area contributed by atoms with Gasteiger partial charge >= 0.3 is 0 Å². The molecule has 10 heteroatoms. The van der Waals surface area contributed by atoms with Gasteiger partial charge < -0.3 is 30.1 Å². The van der Waals surface area contributed by atoms with Crippen LogP contribution in [-0.2, 0) is 21.2 Å². The third kappa shape index (κ3) is 3.37.